The van der Waals surface area contributed by atoms with Crippen LogP contribution in [0.3, 0.4) is 0 Å². The van der Waals surface area contributed by atoms with Crippen LogP contribution in [0.2, 0.25) is 0 Å². The van der Waals surface area contributed by atoms with E-state index < -0.39 is 5.91 Å². The van der Waals surface area contributed by atoms with Gasteiger partial charge < -0.3 is 10.6 Å². The first-order chi connectivity index (χ1) is 10.6. The highest BCUT2D eigenvalue weighted by atomic mass is 16.2. The summed E-state index contributed by atoms with van der Waals surface area (Å²) in [6, 6.07) is 1.71. The largest absolute Gasteiger partial charge is 0.364 e. The second-order valence-corrected chi connectivity index (χ2v) is 6.22. The second kappa shape index (κ2) is 6.34. The van der Waals surface area contributed by atoms with Gasteiger partial charge in [0.05, 0.1) is 0 Å². The standard InChI is InChI=1S/C16H22N4O2/c17-16(22)14-9-13(18-19-14)12-6-3-7-20(10-12)15(21)8-11-4-1-2-5-11/h1,4,9,11-12H,2-3,5-8,10H2,(H2,17,22)(H,18,19)/t11-,12-/m1/s1. The Balaban J connectivity index is 1.61. The van der Waals surface area contributed by atoms with Gasteiger partial charge in [-0.1, -0.05) is 12.2 Å². The summed E-state index contributed by atoms with van der Waals surface area (Å²) < 4.78 is 0. The average molecular weight is 302 g/mol. The average Bonchev–Trinajstić information content (AvgIpc) is 3.18. The number of nitrogens with two attached hydrogens (primary N) is 1. The zero-order valence-electron chi connectivity index (χ0n) is 12.6. The molecule has 2 amide bonds. The van der Waals surface area contributed by atoms with E-state index in [1.807, 2.05) is 4.90 Å². The fourth-order valence-electron chi connectivity index (χ4n) is 3.35. The predicted molar refractivity (Wildman–Crippen MR) is 82.1 cm³/mol. The summed E-state index contributed by atoms with van der Waals surface area (Å²) in [5.74, 6) is 0.314. The number of hydrogen-bond donors (Lipinski definition) is 2. The quantitative estimate of drug-likeness (QED) is 0.827. The number of nitrogens with zero attached hydrogens (tertiary/aromatic N) is 2. The van der Waals surface area contributed by atoms with E-state index in [4.69, 9.17) is 5.73 Å². The minimum absolute atomic E-state index is 0.206. The van der Waals surface area contributed by atoms with Gasteiger partial charge in [-0.05, 0) is 37.7 Å². The van der Waals surface area contributed by atoms with Crippen LogP contribution < -0.4 is 5.73 Å². The van der Waals surface area contributed by atoms with E-state index in [9.17, 15) is 9.59 Å². The van der Waals surface area contributed by atoms with Crippen molar-refractivity contribution in [1.82, 2.24) is 15.1 Å². The number of amides is 2. The first kappa shape index (κ1) is 14.8. The Kier molecular flexibility index (Phi) is 4.27. The molecule has 0 bridgehead atoms. The molecule has 6 heteroatoms. The molecule has 2 heterocycles. The number of allylic oxidation sites excluding steroid dienone is 2. The third-order valence-electron chi connectivity index (χ3n) is 4.61. The number of likely N-dealkylation sites (tertiary alicyclic amines) is 1. The number of rotatable bonds is 4. The molecule has 6 nitrogen and oxygen atoms in total. The molecule has 1 aliphatic heterocycles. The first-order valence-corrected chi connectivity index (χ1v) is 7.93. The zero-order chi connectivity index (χ0) is 15.5. The summed E-state index contributed by atoms with van der Waals surface area (Å²) in [6.45, 7) is 1.51. The monoisotopic (exact) mass is 302 g/mol. The second-order valence-electron chi connectivity index (χ2n) is 6.22. The molecular formula is C16H22N4O2. The molecule has 22 heavy (non-hydrogen) atoms. The van der Waals surface area contributed by atoms with Crippen LogP contribution in [0.5, 0.6) is 0 Å². The highest BCUT2D eigenvalue weighted by Crippen LogP contribution is 2.28. The van der Waals surface area contributed by atoms with Crippen LogP contribution in [0, 0.1) is 5.92 Å². The van der Waals surface area contributed by atoms with Gasteiger partial charge in [-0.15, -0.1) is 0 Å². The molecule has 0 unspecified atom stereocenters. The van der Waals surface area contributed by atoms with Gasteiger partial charge >= 0.3 is 0 Å². The van der Waals surface area contributed by atoms with E-state index in [1.54, 1.807) is 6.07 Å². The Morgan fingerprint density at radius 2 is 2.27 bits per heavy atom. The molecule has 1 saturated heterocycles. The molecule has 118 valence electrons. The van der Waals surface area contributed by atoms with Crippen LogP contribution >= 0.6 is 0 Å². The number of piperidine rings is 1. The van der Waals surface area contributed by atoms with Crippen LogP contribution in [0.1, 0.15) is 54.2 Å². The van der Waals surface area contributed by atoms with Crippen molar-refractivity contribution in [3.8, 4) is 0 Å². The number of nitrogens with one attached hydrogen (secondary N) is 1. The highest BCUT2D eigenvalue weighted by molar-refractivity contribution is 5.90. The molecule has 0 aromatic carbocycles. The SMILES string of the molecule is NC(=O)c1cc([C@@H]2CCCN(C(=O)C[C@@H]3C=CCC3)C2)[nH]n1. The van der Waals surface area contributed by atoms with Crippen molar-refractivity contribution in [1.29, 1.82) is 0 Å². The number of carbonyl (C=O) groups excluding carboxylic acids is 2. The Hall–Kier alpha value is -2.11. The van der Waals surface area contributed by atoms with Crippen LogP contribution in [-0.2, 0) is 4.79 Å². The van der Waals surface area contributed by atoms with Gasteiger partial charge in [-0.2, -0.15) is 5.10 Å². The molecule has 1 aliphatic carbocycles. The summed E-state index contributed by atoms with van der Waals surface area (Å²) >= 11 is 0. The lowest BCUT2D eigenvalue weighted by Crippen LogP contribution is -2.39. The molecule has 3 N–H and O–H groups in total. The lowest BCUT2D eigenvalue weighted by Gasteiger charge is -2.32. The fraction of sp³-hybridized carbons (Fsp3) is 0.562. The lowest BCUT2D eigenvalue weighted by molar-refractivity contribution is -0.133. The lowest BCUT2D eigenvalue weighted by atomic mass is 9.93. The maximum atomic E-state index is 12.4. The van der Waals surface area contributed by atoms with Crippen molar-refractivity contribution >= 4 is 11.8 Å². The number of H-pyrrole nitrogens is 1. The van der Waals surface area contributed by atoms with Crippen molar-refractivity contribution in [2.24, 2.45) is 11.7 Å². The maximum absolute atomic E-state index is 12.4. The van der Waals surface area contributed by atoms with E-state index in [0.717, 1.165) is 37.9 Å². The van der Waals surface area contributed by atoms with Crippen LogP contribution in [0.15, 0.2) is 18.2 Å². The molecule has 1 aromatic rings. The minimum Gasteiger partial charge on any atom is -0.364 e. The summed E-state index contributed by atoms with van der Waals surface area (Å²) in [6.07, 6.45) is 9.07. The Labute approximate surface area is 129 Å². The van der Waals surface area contributed by atoms with Crippen molar-refractivity contribution in [3.05, 3.63) is 29.6 Å². The molecule has 3 rings (SSSR count). The normalized spacial score (nSPS) is 24.6. The van der Waals surface area contributed by atoms with Crippen molar-refractivity contribution < 1.29 is 9.59 Å². The summed E-state index contributed by atoms with van der Waals surface area (Å²) in [4.78, 5) is 25.5. The predicted octanol–water partition coefficient (Wildman–Crippen LogP) is 1.57. The number of carbonyl (C=O) groups is 2. The number of primary amides is 1. The topological polar surface area (TPSA) is 92.1 Å². The van der Waals surface area contributed by atoms with E-state index in [0.29, 0.717) is 18.9 Å². The van der Waals surface area contributed by atoms with Gasteiger partial charge in [0.25, 0.3) is 5.91 Å². The third kappa shape index (κ3) is 3.21. The summed E-state index contributed by atoms with van der Waals surface area (Å²) in [5.41, 5.74) is 6.39. The smallest absolute Gasteiger partial charge is 0.269 e. The Morgan fingerprint density at radius 1 is 1.41 bits per heavy atom. The molecule has 0 saturated carbocycles. The van der Waals surface area contributed by atoms with Crippen molar-refractivity contribution in [2.45, 2.75) is 38.0 Å². The highest BCUT2D eigenvalue weighted by Gasteiger charge is 2.27. The van der Waals surface area contributed by atoms with Gasteiger partial charge in [0, 0.05) is 31.1 Å². The van der Waals surface area contributed by atoms with E-state index in [1.165, 1.54) is 0 Å². The van der Waals surface area contributed by atoms with Gasteiger partial charge in [0.1, 0.15) is 5.69 Å². The van der Waals surface area contributed by atoms with Crippen molar-refractivity contribution in [2.75, 3.05) is 13.1 Å². The Morgan fingerprint density at radius 3 is 2.95 bits per heavy atom. The fourth-order valence-corrected chi connectivity index (χ4v) is 3.35. The maximum Gasteiger partial charge on any atom is 0.269 e. The Bertz CT molecular complexity index is 593. The first-order valence-electron chi connectivity index (χ1n) is 7.93. The van der Waals surface area contributed by atoms with Gasteiger partial charge in [-0.25, -0.2) is 0 Å². The molecule has 0 spiro atoms. The number of aromatic amines is 1. The number of hydrogen-bond acceptors (Lipinski definition) is 3. The van der Waals surface area contributed by atoms with E-state index >= 15 is 0 Å². The molecular weight excluding hydrogens is 280 g/mol. The molecule has 1 fully saturated rings. The zero-order valence-corrected chi connectivity index (χ0v) is 12.6. The van der Waals surface area contributed by atoms with Crippen LogP contribution in [0.25, 0.3) is 0 Å². The molecule has 0 radical (unpaired) electrons. The molecule has 1 aromatic heterocycles. The van der Waals surface area contributed by atoms with Crippen LogP contribution in [-0.4, -0.2) is 40.0 Å². The summed E-state index contributed by atoms with van der Waals surface area (Å²) in [5, 5.41) is 6.82. The van der Waals surface area contributed by atoms with Gasteiger partial charge in [0.15, 0.2) is 0 Å². The molecule has 2 aliphatic rings. The van der Waals surface area contributed by atoms with E-state index in [2.05, 4.69) is 22.3 Å². The minimum atomic E-state index is -0.528. The molecule has 2 atom stereocenters. The van der Waals surface area contributed by atoms with Crippen molar-refractivity contribution in [3.63, 3.8) is 0 Å². The number of aromatic nitrogens is 2. The van der Waals surface area contributed by atoms with E-state index in [-0.39, 0.29) is 17.5 Å². The van der Waals surface area contributed by atoms with Gasteiger partial charge in [-0.3, -0.25) is 14.7 Å². The summed E-state index contributed by atoms with van der Waals surface area (Å²) in [7, 11) is 0. The van der Waals surface area contributed by atoms with Crippen LogP contribution in [0.4, 0.5) is 0 Å². The van der Waals surface area contributed by atoms with Gasteiger partial charge in [0.2, 0.25) is 5.91 Å². The third-order valence-corrected chi connectivity index (χ3v) is 4.61.